The van der Waals surface area contributed by atoms with E-state index in [9.17, 15) is 5.11 Å². The van der Waals surface area contributed by atoms with Crippen molar-refractivity contribution in [1.82, 2.24) is 25.4 Å². The SMILES string of the molecule is CCNC(=NCC(C)(O)c1cc(C)oc1C)NCCc1nnc2n1CCCCC2.I. The molecule has 1 unspecified atom stereocenters. The fraction of sp³-hybridized carbons (Fsp3) is 0.667. The molecule has 30 heavy (non-hydrogen) atoms. The Kier molecular flexibility index (Phi) is 9.14. The monoisotopic (exact) mass is 530 g/mol. The second-order valence-corrected chi connectivity index (χ2v) is 7.97. The average molecular weight is 530 g/mol. The van der Waals surface area contributed by atoms with Crippen LogP contribution in [0.15, 0.2) is 15.5 Å². The molecule has 0 spiro atoms. The highest BCUT2D eigenvalue weighted by Gasteiger charge is 2.27. The Labute approximate surface area is 196 Å². The molecule has 0 radical (unpaired) electrons. The summed E-state index contributed by atoms with van der Waals surface area (Å²) in [6.07, 6.45) is 5.45. The van der Waals surface area contributed by atoms with E-state index < -0.39 is 5.60 Å². The fourth-order valence-electron chi connectivity index (χ4n) is 3.85. The van der Waals surface area contributed by atoms with Gasteiger partial charge in [0, 0.05) is 38.0 Å². The smallest absolute Gasteiger partial charge is 0.191 e. The molecular weight excluding hydrogens is 495 g/mol. The highest BCUT2D eigenvalue weighted by Crippen LogP contribution is 2.27. The van der Waals surface area contributed by atoms with Crippen LogP contribution in [-0.4, -0.2) is 45.5 Å². The molecule has 0 amide bonds. The summed E-state index contributed by atoms with van der Waals surface area (Å²) in [5.74, 6) is 4.34. The van der Waals surface area contributed by atoms with Crippen molar-refractivity contribution in [3.8, 4) is 0 Å². The Morgan fingerprint density at radius 1 is 1.27 bits per heavy atom. The minimum atomic E-state index is -1.09. The molecule has 8 nitrogen and oxygen atoms in total. The summed E-state index contributed by atoms with van der Waals surface area (Å²) >= 11 is 0. The standard InChI is InChI=1S/C21H34N6O2.HI/c1-5-22-20(24-14-21(4,28)17-13-15(2)29-16(17)3)23-11-10-19-26-25-18-9-7-6-8-12-27(18)19;/h13,28H,5-12,14H2,1-4H3,(H2,22,23,24);1H. The number of nitrogens with zero attached hydrogens (tertiary/aromatic N) is 4. The zero-order valence-corrected chi connectivity index (χ0v) is 20.8. The summed E-state index contributed by atoms with van der Waals surface area (Å²) in [4.78, 5) is 4.59. The van der Waals surface area contributed by atoms with E-state index in [2.05, 4.69) is 30.4 Å². The van der Waals surface area contributed by atoms with Gasteiger partial charge >= 0.3 is 0 Å². The number of fused-ring (bicyclic) bond motifs is 1. The predicted octanol–water partition coefficient (Wildman–Crippen LogP) is 2.84. The van der Waals surface area contributed by atoms with Gasteiger partial charge in [0.05, 0.1) is 6.54 Å². The number of hydrogen-bond donors (Lipinski definition) is 3. The maximum absolute atomic E-state index is 10.9. The lowest BCUT2D eigenvalue weighted by molar-refractivity contribution is 0.0657. The first-order chi connectivity index (χ1) is 13.9. The Bertz CT molecular complexity index is 843. The van der Waals surface area contributed by atoms with E-state index in [1.54, 1.807) is 6.92 Å². The highest BCUT2D eigenvalue weighted by atomic mass is 127. The van der Waals surface area contributed by atoms with Gasteiger partial charge in [-0.05, 0) is 46.6 Å². The number of aliphatic imine (C=N–C) groups is 1. The van der Waals surface area contributed by atoms with Crippen molar-refractivity contribution >= 4 is 29.9 Å². The topological polar surface area (TPSA) is 100 Å². The number of aryl methyl sites for hydroxylation is 3. The number of furan rings is 1. The molecule has 3 N–H and O–H groups in total. The Hall–Kier alpha value is -1.62. The molecule has 1 aliphatic heterocycles. The molecule has 2 aromatic heterocycles. The van der Waals surface area contributed by atoms with Crippen molar-refractivity contribution in [2.24, 2.45) is 4.99 Å². The van der Waals surface area contributed by atoms with Crippen molar-refractivity contribution in [2.75, 3.05) is 19.6 Å². The number of aliphatic hydroxyl groups is 1. The van der Waals surface area contributed by atoms with Gasteiger partial charge in [-0.2, -0.15) is 0 Å². The molecule has 0 fully saturated rings. The van der Waals surface area contributed by atoms with Crippen molar-refractivity contribution < 1.29 is 9.52 Å². The normalized spacial score (nSPS) is 16.2. The molecule has 3 heterocycles. The van der Waals surface area contributed by atoms with Gasteiger partial charge in [-0.15, -0.1) is 34.2 Å². The van der Waals surface area contributed by atoms with E-state index in [0.717, 1.165) is 54.7 Å². The average Bonchev–Trinajstić information content (AvgIpc) is 3.13. The van der Waals surface area contributed by atoms with Gasteiger partial charge in [-0.1, -0.05) is 6.42 Å². The van der Waals surface area contributed by atoms with E-state index in [1.165, 1.54) is 19.3 Å². The van der Waals surface area contributed by atoms with Gasteiger partial charge in [-0.25, -0.2) is 4.99 Å². The lowest BCUT2D eigenvalue weighted by Crippen LogP contribution is -2.40. The van der Waals surface area contributed by atoms with Gasteiger partial charge < -0.3 is 24.7 Å². The lowest BCUT2D eigenvalue weighted by Gasteiger charge is -2.21. The molecule has 0 saturated carbocycles. The van der Waals surface area contributed by atoms with Gasteiger partial charge in [0.25, 0.3) is 0 Å². The Balaban J connectivity index is 0.00000320. The highest BCUT2D eigenvalue weighted by molar-refractivity contribution is 14.0. The first kappa shape index (κ1) is 24.6. The number of nitrogens with one attached hydrogen (secondary N) is 2. The second-order valence-electron chi connectivity index (χ2n) is 7.97. The van der Waals surface area contributed by atoms with Gasteiger partial charge in [0.2, 0.25) is 0 Å². The predicted molar refractivity (Wildman–Crippen MR) is 128 cm³/mol. The van der Waals surface area contributed by atoms with Crippen LogP contribution in [0, 0.1) is 13.8 Å². The minimum absolute atomic E-state index is 0. The third kappa shape index (κ3) is 6.19. The summed E-state index contributed by atoms with van der Waals surface area (Å²) in [5, 5.41) is 26.2. The van der Waals surface area contributed by atoms with Gasteiger partial charge in [-0.3, -0.25) is 0 Å². The first-order valence-electron chi connectivity index (χ1n) is 10.6. The zero-order chi connectivity index (χ0) is 20.9. The van der Waals surface area contributed by atoms with E-state index in [-0.39, 0.29) is 30.5 Å². The van der Waals surface area contributed by atoms with E-state index in [4.69, 9.17) is 4.42 Å². The summed E-state index contributed by atoms with van der Waals surface area (Å²) in [6.45, 7) is 10.2. The molecule has 0 aromatic carbocycles. The third-order valence-corrected chi connectivity index (χ3v) is 5.34. The van der Waals surface area contributed by atoms with Crippen molar-refractivity contribution in [3.63, 3.8) is 0 Å². The molecule has 0 saturated heterocycles. The van der Waals surface area contributed by atoms with Crippen molar-refractivity contribution in [1.29, 1.82) is 0 Å². The molecule has 2 aromatic rings. The van der Waals surface area contributed by atoms with E-state index >= 15 is 0 Å². The van der Waals surface area contributed by atoms with Crippen LogP contribution >= 0.6 is 24.0 Å². The maximum Gasteiger partial charge on any atom is 0.191 e. The van der Waals surface area contributed by atoms with Crippen LogP contribution in [0.5, 0.6) is 0 Å². The summed E-state index contributed by atoms with van der Waals surface area (Å²) in [6, 6.07) is 1.88. The second kappa shape index (κ2) is 11.1. The number of aromatic nitrogens is 3. The van der Waals surface area contributed by atoms with Crippen LogP contribution < -0.4 is 10.6 Å². The quantitative estimate of drug-likeness (QED) is 0.289. The van der Waals surface area contributed by atoms with Gasteiger partial charge in [0.1, 0.15) is 28.8 Å². The molecular formula is C21H35IN6O2. The Morgan fingerprint density at radius 2 is 2.07 bits per heavy atom. The van der Waals surface area contributed by atoms with Crippen LogP contribution in [0.25, 0.3) is 0 Å². The molecule has 0 bridgehead atoms. The van der Waals surface area contributed by atoms with Crippen molar-refractivity contribution in [2.45, 2.75) is 71.9 Å². The number of hydrogen-bond acceptors (Lipinski definition) is 5. The van der Waals surface area contributed by atoms with Crippen LogP contribution in [-0.2, 0) is 25.0 Å². The zero-order valence-electron chi connectivity index (χ0n) is 18.5. The molecule has 168 valence electrons. The van der Waals surface area contributed by atoms with Crippen LogP contribution in [0.2, 0.25) is 0 Å². The van der Waals surface area contributed by atoms with Crippen LogP contribution in [0.4, 0.5) is 0 Å². The van der Waals surface area contributed by atoms with E-state index in [1.807, 2.05) is 26.8 Å². The van der Waals surface area contributed by atoms with E-state index in [0.29, 0.717) is 12.5 Å². The Morgan fingerprint density at radius 3 is 2.77 bits per heavy atom. The molecule has 1 aliphatic rings. The summed E-state index contributed by atoms with van der Waals surface area (Å²) in [7, 11) is 0. The molecule has 0 aliphatic carbocycles. The first-order valence-corrected chi connectivity index (χ1v) is 10.6. The number of rotatable bonds is 7. The molecule has 3 rings (SSSR count). The maximum atomic E-state index is 10.9. The van der Waals surface area contributed by atoms with Crippen LogP contribution in [0.1, 0.15) is 61.8 Å². The lowest BCUT2D eigenvalue weighted by atomic mass is 9.96. The minimum Gasteiger partial charge on any atom is -0.466 e. The largest absolute Gasteiger partial charge is 0.466 e. The third-order valence-electron chi connectivity index (χ3n) is 5.34. The molecule has 1 atom stereocenters. The fourth-order valence-corrected chi connectivity index (χ4v) is 3.85. The summed E-state index contributed by atoms with van der Waals surface area (Å²) in [5.41, 5.74) is -0.310. The number of halogens is 1. The van der Waals surface area contributed by atoms with Gasteiger partial charge in [0.15, 0.2) is 5.96 Å². The number of guanidine groups is 1. The van der Waals surface area contributed by atoms with Crippen LogP contribution in [0.3, 0.4) is 0 Å². The molecule has 9 heteroatoms. The van der Waals surface area contributed by atoms with Crippen molar-refractivity contribution in [3.05, 3.63) is 34.8 Å². The summed E-state index contributed by atoms with van der Waals surface area (Å²) < 4.78 is 7.83.